The summed E-state index contributed by atoms with van der Waals surface area (Å²) >= 11 is 0. The number of esters is 1. The zero-order valence-corrected chi connectivity index (χ0v) is 17.5. The first kappa shape index (κ1) is 21.9. The van der Waals surface area contributed by atoms with Crippen LogP contribution in [0, 0.1) is 0 Å². The second kappa shape index (κ2) is 7.97. The van der Waals surface area contributed by atoms with Crippen molar-refractivity contribution in [1.29, 1.82) is 0 Å². The van der Waals surface area contributed by atoms with Crippen molar-refractivity contribution >= 4 is 38.4 Å². The predicted molar refractivity (Wildman–Crippen MR) is 110 cm³/mol. The number of hydrogen-bond donors (Lipinski definition) is 0. The van der Waals surface area contributed by atoms with Crippen LogP contribution in [0.1, 0.15) is 22.3 Å². The van der Waals surface area contributed by atoms with Crippen molar-refractivity contribution in [3.05, 3.63) is 59.7 Å². The Hall–Kier alpha value is -3.34. The number of anilines is 2. The number of benzene rings is 2. The number of ether oxygens (including phenoxy) is 1. The van der Waals surface area contributed by atoms with Crippen molar-refractivity contribution in [2.75, 3.05) is 18.6 Å². The van der Waals surface area contributed by atoms with E-state index in [4.69, 9.17) is 4.74 Å². The molecule has 0 saturated heterocycles. The van der Waals surface area contributed by atoms with E-state index in [0.29, 0.717) is 24.0 Å². The third-order valence-electron chi connectivity index (χ3n) is 5.06. The Kier molecular flexibility index (Phi) is 5.45. The van der Waals surface area contributed by atoms with Crippen LogP contribution in [0.25, 0.3) is 10.9 Å². The molecule has 32 heavy (non-hydrogen) atoms. The SMILES string of the molecule is COC(=O)c1ccc2nc(OS(=O)(=O)C(F)(F)F)c(N3CCCc4ccccc43)cc2c1. The number of alkyl halides is 3. The Morgan fingerprint density at radius 1 is 1.09 bits per heavy atom. The van der Waals surface area contributed by atoms with Gasteiger partial charge in [0.25, 0.3) is 5.88 Å². The van der Waals surface area contributed by atoms with Gasteiger partial charge in [-0.3, -0.25) is 0 Å². The van der Waals surface area contributed by atoms with Gasteiger partial charge in [0.1, 0.15) is 5.69 Å². The molecule has 1 aliphatic heterocycles. The average Bonchev–Trinajstić information content (AvgIpc) is 2.76. The fourth-order valence-electron chi connectivity index (χ4n) is 3.58. The maximum Gasteiger partial charge on any atom is 0.534 e. The molecule has 7 nitrogen and oxygen atoms in total. The second-order valence-corrected chi connectivity index (χ2v) is 8.62. The molecule has 2 aromatic carbocycles. The number of halogens is 3. The fraction of sp³-hybridized carbons (Fsp3) is 0.238. The lowest BCUT2D eigenvalue weighted by atomic mass is 10.0. The number of fused-ring (bicyclic) bond motifs is 2. The molecule has 0 N–H and O–H groups in total. The summed E-state index contributed by atoms with van der Waals surface area (Å²) in [5, 5.41) is 0.405. The summed E-state index contributed by atoms with van der Waals surface area (Å²) in [5.74, 6) is -1.30. The number of para-hydroxylation sites is 1. The Bertz CT molecular complexity index is 1310. The Balaban J connectivity index is 1.92. The van der Waals surface area contributed by atoms with Crippen LogP contribution in [-0.2, 0) is 21.3 Å². The average molecular weight is 466 g/mol. The van der Waals surface area contributed by atoms with E-state index >= 15 is 0 Å². The number of aromatic nitrogens is 1. The van der Waals surface area contributed by atoms with Gasteiger partial charge in [-0.25, -0.2) is 9.78 Å². The molecule has 3 aromatic rings. The molecule has 1 aliphatic rings. The normalized spacial score (nSPS) is 14.2. The highest BCUT2D eigenvalue weighted by atomic mass is 32.2. The van der Waals surface area contributed by atoms with Gasteiger partial charge in [0.2, 0.25) is 0 Å². The molecule has 0 aliphatic carbocycles. The number of aryl methyl sites for hydroxylation is 1. The lowest BCUT2D eigenvalue weighted by Crippen LogP contribution is -2.30. The van der Waals surface area contributed by atoms with Crippen molar-refractivity contribution in [2.24, 2.45) is 0 Å². The molecule has 0 unspecified atom stereocenters. The van der Waals surface area contributed by atoms with Crippen molar-refractivity contribution in [1.82, 2.24) is 4.98 Å². The smallest absolute Gasteiger partial charge is 0.465 e. The number of pyridine rings is 1. The molecule has 0 saturated carbocycles. The van der Waals surface area contributed by atoms with Gasteiger partial charge in [0.15, 0.2) is 0 Å². The molecule has 0 atom stereocenters. The molecule has 0 radical (unpaired) electrons. The van der Waals surface area contributed by atoms with E-state index in [1.54, 1.807) is 17.0 Å². The molecule has 0 bridgehead atoms. The highest BCUT2D eigenvalue weighted by molar-refractivity contribution is 7.88. The number of methoxy groups -OCH3 is 1. The minimum Gasteiger partial charge on any atom is -0.465 e. The Labute approximate surface area is 181 Å². The van der Waals surface area contributed by atoms with E-state index in [-0.39, 0.29) is 16.8 Å². The van der Waals surface area contributed by atoms with E-state index in [1.807, 2.05) is 12.1 Å². The van der Waals surface area contributed by atoms with E-state index in [2.05, 4.69) is 9.17 Å². The molecule has 0 spiro atoms. The van der Waals surface area contributed by atoms with Crippen LogP contribution < -0.4 is 9.08 Å². The largest absolute Gasteiger partial charge is 0.534 e. The topological polar surface area (TPSA) is 85.8 Å². The molecular weight excluding hydrogens is 449 g/mol. The minimum absolute atomic E-state index is 0.0412. The molecule has 0 fully saturated rings. The van der Waals surface area contributed by atoms with E-state index in [1.165, 1.54) is 31.4 Å². The first-order valence-electron chi connectivity index (χ1n) is 9.50. The Morgan fingerprint density at radius 3 is 2.56 bits per heavy atom. The van der Waals surface area contributed by atoms with Gasteiger partial charge in [-0.1, -0.05) is 18.2 Å². The summed E-state index contributed by atoms with van der Waals surface area (Å²) < 4.78 is 71.8. The molecule has 11 heteroatoms. The monoisotopic (exact) mass is 466 g/mol. The van der Waals surface area contributed by atoms with E-state index in [0.717, 1.165) is 12.0 Å². The van der Waals surface area contributed by atoms with Crippen molar-refractivity contribution in [2.45, 2.75) is 18.3 Å². The number of hydrogen-bond acceptors (Lipinski definition) is 7. The number of nitrogens with zero attached hydrogens (tertiary/aromatic N) is 2. The standard InChI is InChI=1S/C21H17F3N2O5S/c1-30-20(27)14-8-9-16-15(11-14)12-18(19(25-16)31-32(28,29)21(22,23)24)26-10-4-6-13-5-2-3-7-17(13)26/h2-3,5,7-9,11-12H,4,6,10H2,1H3. The van der Waals surface area contributed by atoms with Crippen LogP contribution in [0.5, 0.6) is 5.88 Å². The lowest BCUT2D eigenvalue weighted by Gasteiger charge is -2.32. The van der Waals surface area contributed by atoms with Crippen LogP contribution in [-0.4, -0.2) is 38.5 Å². The first-order chi connectivity index (χ1) is 15.1. The maximum absolute atomic E-state index is 13.0. The van der Waals surface area contributed by atoms with Gasteiger partial charge < -0.3 is 13.8 Å². The van der Waals surface area contributed by atoms with Gasteiger partial charge in [0, 0.05) is 17.6 Å². The molecule has 168 valence electrons. The van der Waals surface area contributed by atoms with Gasteiger partial charge in [-0.2, -0.15) is 21.6 Å². The zero-order chi connectivity index (χ0) is 23.1. The van der Waals surface area contributed by atoms with Crippen LogP contribution in [0.2, 0.25) is 0 Å². The van der Waals surface area contributed by atoms with Crippen LogP contribution in [0.3, 0.4) is 0 Å². The van der Waals surface area contributed by atoms with Gasteiger partial charge in [-0.15, -0.1) is 0 Å². The molecule has 0 amide bonds. The van der Waals surface area contributed by atoms with Crippen LogP contribution >= 0.6 is 0 Å². The van der Waals surface area contributed by atoms with Crippen LogP contribution in [0.4, 0.5) is 24.5 Å². The van der Waals surface area contributed by atoms with Gasteiger partial charge >= 0.3 is 21.6 Å². The Morgan fingerprint density at radius 2 is 1.84 bits per heavy atom. The lowest BCUT2D eigenvalue weighted by molar-refractivity contribution is -0.0501. The molecular formula is C21H17F3N2O5S. The third-order valence-corrected chi connectivity index (χ3v) is 6.00. The third kappa shape index (κ3) is 3.95. The quantitative estimate of drug-likeness (QED) is 0.321. The van der Waals surface area contributed by atoms with Crippen LogP contribution in [0.15, 0.2) is 48.5 Å². The summed E-state index contributed by atoms with van der Waals surface area (Å²) in [6, 6.07) is 13.0. The molecule has 4 rings (SSSR count). The summed E-state index contributed by atoms with van der Waals surface area (Å²) in [6.07, 6.45) is 1.44. The summed E-state index contributed by atoms with van der Waals surface area (Å²) in [4.78, 5) is 17.6. The summed E-state index contributed by atoms with van der Waals surface area (Å²) in [5.41, 5.74) is -3.55. The van der Waals surface area contributed by atoms with Gasteiger partial charge in [0.05, 0.1) is 18.2 Å². The van der Waals surface area contributed by atoms with Crippen molar-refractivity contribution in [3.63, 3.8) is 0 Å². The van der Waals surface area contributed by atoms with E-state index < -0.39 is 27.5 Å². The number of carbonyl (C=O) groups is 1. The molecule has 1 aromatic heterocycles. The van der Waals surface area contributed by atoms with Gasteiger partial charge in [-0.05, 0) is 48.7 Å². The highest BCUT2D eigenvalue weighted by Gasteiger charge is 2.49. The number of rotatable bonds is 4. The highest BCUT2D eigenvalue weighted by Crippen LogP contribution is 2.41. The van der Waals surface area contributed by atoms with Crippen molar-refractivity contribution < 1.29 is 35.3 Å². The summed E-state index contributed by atoms with van der Waals surface area (Å²) in [6.45, 7) is 0.406. The van der Waals surface area contributed by atoms with E-state index in [9.17, 15) is 26.4 Å². The molecule has 2 heterocycles. The minimum atomic E-state index is -5.95. The zero-order valence-electron chi connectivity index (χ0n) is 16.7. The maximum atomic E-state index is 13.0. The number of carbonyl (C=O) groups excluding carboxylic acids is 1. The first-order valence-corrected chi connectivity index (χ1v) is 10.9. The predicted octanol–water partition coefficient (Wildman–Crippen LogP) is 4.33. The summed E-state index contributed by atoms with van der Waals surface area (Å²) in [7, 11) is -4.72. The fourth-order valence-corrected chi connectivity index (χ4v) is 4.01. The van der Waals surface area contributed by atoms with Crippen molar-refractivity contribution in [3.8, 4) is 5.88 Å². The second-order valence-electron chi connectivity index (χ2n) is 7.08.